The van der Waals surface area contributed by atoms with Crippen molar-refractivity contribution in [3.8, 4) is 0 Å². The standard InChI is InChI=1S/C6H13O9P.2Na/c7-1-2-3(8)4(9)5(10)6(14-2)15-16(11,12)13;;/h2-10H,1H2,(H2,11,12,13);;/q;2*+1/p-2/t2-,3+,4-,5+,6+;;/m1../s1. The Balaban J connectivity index is 0. The minimum Gasteiger partial charge on any atom is -0.790 e. The van der Waals surface area contributed by atoms with Crippen molar-refractivity contribution < 1.29 is 103 Å². The van der Waals surface area contributed by atoms with Crippen LogP contribution in [0.15, 0.2) is 0 Å². The molecule has 0 bridgehead atoms. The van der Waals surface area contributed by atoms with Crippen LogP contribution in [0.4, 0.5) is 0 Å². The summed E-state index contributed by atoms with van der Waals surface area (Å²) in [6, 6.07) is 0. The normalized spacial score (nSPS) is 36.4. The van der Waals surface area contributed by atoms with Gasteiger partial charge in [-0.3, -0.25) is 0 Å². The Morgan fingerprint density at radius 3 is 2.00 bits per heavy atom. The number of aliphatic hydroxyl groups is 4. The molecule has 1 aliphatic heterocycles. The summed E-state index contributed by atoms with van der Waals surface area (Å²) >= 11 is 0. The van der Waals surface area contributed by atoms with Crippen LogP contribution < -0.4 is 68.9 Å². The molecule has 9 nitrogen and oxygen atoms in total. The van der Waals surface area contributed by atoms with E-state index in [2.05, 4.69) is 9.26 Å². The van der Waals surface area contributed by atoms with Crippen molar-refractivity contribution in [2.24, 2.45) is 0 Å². The Morgan fingerprint density at radius 2 is 1.61 bits per heavy atom. The van der Waals surface area contributed by atoms with Gasteiger partial charge in [-0.1, -0.05) is 0 Å². The maximum Gasteiger partial charge on any atom is 1.00 e. The SMILES string of the molecule is O=P([O-])([O-])O[C@@H]1O[C@H](CO)[C@H](O)[C@@H](O)[C@@H]1O.[Na+].[Na+]. The van der Waals surface area contributed by atoms with Gasteiger partial charge in [0, 0.05) is 0 Å². The molecular formula is C6H11Na2O9P. The second-order valence-corrected chi connectivity index (χ2v) is 4.36. The molecule has 0 amide bonds. The molecule has 1 fully saturated rings. The van der Waals surface area contributed by atoms with E-state index in [0.717, 1.165) is 0 Å². The zero-order chi connectivity index (χ0) is 12.5. The van der Waals surface area contributed by atoms with E-state index in [-0.39, 0.29) is 59.1 Å². The van der Waals surface area contributed by atoms with Crippen LogP contribution in [0.2, 0.25) is 0 Å². The third kappa shape index (κ3) is 6.13. The summed E-state index contributed by atoms with van der Waals surface area (Å²) in [4.78, 5) is 20.6. The van der Waals surface area contributed by atoms with Crippen LogP contribution >= 0.6 is 7.82 Å². The van der Waals surface area contributed by atoms with Gasteiger partial charge in [-0.05, 0) is 0 Å². The molecule has 4 N–H and O–H groups in total. The van der Waals surface area contributed by atoms with Gasteiger partial charge in [-0.25, -0.2) is 0 Å². The average molecular weight is 304 g/mol. The van der Waals surface area contributed by atoms with Crippen molar-refractivity contribution >= 4 is 7.82 Å². The zero-order valence-electron chi connectivity index (χ0n) is 9.87. The van der Waals surface area contributed by atoms with Gasteiger partial charge >= 0.3 is 59.1 Å². The number of rotatable bonds is 3. The second kappa shape index (κ2) is 9.04. The van der Waals surface area contributed by atoms with Gasteiger partial charge in [0.25, 0.3) is 0 Å². The summed E-state index contributed by atoms with van der Waals surface area (Å²) in [5.41, 5.74) is 0. The van der Waals surface area contributed by atoms with E-state index in [9.17, 15) is 29.7 Å². The molecule has 0 aromatic rings. The second-order valence-electron chi connectivity index (χ2n) is 3.25. The molecule has 18 heavy (non-hydrogen) atoms. The van der Waals surface area contributed by atoms with Crippen LogP contribution in [0, 0.1) is 0 Å². The summed E-state index contributed by atoms with van der Waals surface area (Å²) in [6.07, 6.45) is -8.61. The van der Waals surface area contributed by atoms with Crippen molar-refractivity contribution in [3.63, 3.8) is 0 Å². The first kappa shape index (κ1) is 22.2. The number of hydrogen-bond acceptors (Lipinski definition) is 9. The quantitative estimate of drug-likeness (QED) is 0.293. The molecule has 5 atom stereocenters. The van der Waals surface area contributed by atoms with E-state index in [4.69, 9.17) is 5.11 Å². The van der Waals surface area contributed by atoms with Crippen LogP contribution in [0.5, 0.6) is 0 Å². The van der Waals surface area contributed by atoms with Crippen molar-refractivity contribution in [2.45, 2.75) is 30.7 Å². The van der Waals surface area contributed by atoms with Crippen molar-refractivity contribution in [1.29, 1.82) is 0 Å². The van der Waals surface area contributed by atoms with Gasteiger partial charge in [-0.2, -0.15) is 0 Å². The molecule has 0 spiro atoms. The van der Waals surface area contributed by atoms with Crippen molar-refractivity contribution in [1.82, 2.24) is 0 Å². The van der Waals surface area contributed by atoms with Crippen LogP contribution in [0.3, 0.4) is 0 Å². The molecule has 1 aliphatic rings. The Hall–Kier alpha value is 1.91. The van der Waals surface area contributed by atoms with Gasteiger partial charge in [0.15, 0.2) is 6.29 Å². The van der Waals surface area contributed by atoms with Crippen LogP contribution in [-0.2, 0) is 13.8 Å². The molecule has 0 aromatic heterocycles. The third-order valence-corrected chi connectivity index (χ3v) is 2.55. The van der Waals surface area contributed by atoms with Gasteiger partial charge in [0.05, 0.1) is 14.4 Å². The summed E-state index contributed by atoms with van der Waals surface area (Å²) in [6.45, 7) is -0.743. The maximum atomic E-state index is 10.3. The van der Waals surface area contributed by atoms with Crippen LogP contribution in [-0.4, -0.2) is 57.7 Å². The Labute approximate surface area is 147 Å². The first-order valence-electron chi connectivity index (χ1n) is 4.27. The largest absolute Gasteiger partial charge is 1.00 e. The van der Waals surface area contributed by atoms with Crippen LogP contribution in [0.25, 0.3) is 0 Å². The molecule has 0 saturated carbocycles. The van der Waals surface area contributed by atoms with E-state index >= 15 is 0 Å². The Kier molecular flexibility index (Phi) is 11.1. The predicted octanol–water partition coefficient (Wildman–Crippen LogP) is -10.4. The molecule has 0 aromatic carbocycles. The third-order valence-electron chi connectivity index (χ3n) is 2.08. The fourth-order valence-corrected chi connectivity index (χ4v) is 1.71. The molecule has 1 saturated heterocycles. The number of phosphoric ester groups is 1. The molecule has 12 heteroatoms. The Morgan fingerprint density at radius 1 is 1.11 bits per heavy atom. The van der Waals surface area contributed by atoms with E-state index in [1.54, 1.807) is 0 Å². The molecular weight excluding hydrogens is 293 g/mol. The number of phosphoric acid groups is 1. The number of aliphatic hydroxyl groups excluding tert-OH is 4. The summed E-state index contributed by atoms with van der Waals surface area (Å²) in [7, 11) is -5.41. The van der Waals surface area contributed by atoms with Crippen molar-refractivity contribution in [3.05, 3.63) is 0 Å². The summed E-state index contributed by atoms with van der Waals surface area (Å²) < 4.78 is 18.7. The van der Waals surface area contributed by atoms with E-state index in [1.165, 1.54) is 0 Å². The van der Waals surface area contributed by atoms with Gasteiger partial charge in [-0.15, -0.1) is 0 Å². The smallest absolute Gasteiger partial charge is 0.790 e. The van der Waals surface area contributed by atoms with Gasteiger partial charge in [0.2, 0.25) is 0 Å². The monoisotopic (exact) mass is 304 g/mol. The fraction of sp³-hybridized carbons (Fsp3) is 1.00. The number of hydrogen-bond donors (Lipinski definition) is 4. The molecule has 0 aliphatic carbocycles. The first-order chi connectivity index (χ1) is 7.26. The molecule has 0 radical (unpaired) electrons. The topological polar surface area (TPSA) is 163 Å². The molecule has 1 rings (SSSR count). The van der Waals surface area contributed by atoms with Crippen molar-refractivity contribution in [2.75, 3.05) is 6.61 Å². The van der Waals surface area contributed by atoms with Gasteiger partial charge in [0.1, 0.15) is 24.4 Å². The minimum absolute atomic E-state index is 0. The maximum absolute atomic E-state index is 10.3. The van der Waals surface area contributed by atoms with Crippen LogP contribution in [0.1, 0.15) is 0 Å². The number of ether oxygens (including phenoxy) is 1. The molecule has 0 unspecified atom stereocenters. The molecule has 96 valence electrons. The van der Waals surface area contributed by atoms with E-state index in [0.29, 0.717) is 0 Å². The van der Waals surface area contributed by atoms with E-state index < -0.39 is 45.1 Å². The minimum atomic E-state index is -5.41. The first-order valence-corrected chi connectivity index (χ1v) is 5.73. The summed E-state index contributed by atoms with van der Waals surface area (Å²) in [5.74, 6) is 0. The zero-order valence-corrected chi connectivity index (χ0v) is 14.8. The van der Waals surface area contributed by atoms with Gasteiger partial charge < -0.3 is 44.0 Å². The Bertz CT molecular complexity index is 284. The van der Waals surface area contributed by atoms with E-state index in [1.807, 2.05) is 0 Å². The average Bonchev–Trinajstić information content (AvgIpc) is 2.17. The molecule has 1 heterocycles. The fourth-order valence-electron chi connectivity index (χ4n) is 1.28. The summed E-state index contributed by atoms with van der Waals surface area (Å²) in [5, 5.41) is 36.5. The predicted molar refractivity (Wildman–Crippen MR) is 42.5 cm³/mol.